The van der Waals surface area contributed by atoms with Crippen LogP contribution in [0.1, 0.15) is 74.5 Å². The Kier molecular flexibility index (Phi) is 12.2. The van der Waals surface area contributed by atoms with Crippen LogP contribution in [0.5, 0.6) is 0 Å². The quantitative estimate of drug-likeness (QED) is 0.158. The molecule has 4 N–H and O–H groups in total. The lowest BCUT2D eigenvalue weighted by molar-refractivity contribution is -0.138. The molecular weight excluding hydrogens is 800 g/mol. The van der Waals surface area contributed by atoms with E-state index in [4.69, 9.17) is 0 Å². The summed E-state index contributed by atoms with van der Waals surface area (Å²) in [4.78, 5) is 37.0. The van der Waals surface area contributed by atoms with Crippen LogP contribution < -0.4 is 25.2 Å². The van der Waals surface area contributed by atoms with Crippen LogP contribution >= 0.6 is 0 Å². The molecule has 0 spiro atoms. The van der Waals surface area contributed by atoms with Gasteiger partial charge >= 0.3 is 6.18 Å². The van der Waals surface area contributed by atoms with Crippen molar-refractivity contribution in [2.45, 2.75) is 93.6 Å². The predicted molar refractivity (Wildman–Crippen MR) is 210 cm³/mol. The van der Waals surface area contributed by atoms with Gasteiger partial charge in [0, 0.05) is 57.6 Å². The van der Waals surface area contributed by atoms with Gasteiger partial charge in [-0.05, 0) is 106 Å². The van der Waals surface area contributed by atoms with Crippen molar-refractivity contribution in [2.75, 3.05) is 60.9 Å². The smallest absolute Gasteiger partial charge is 0.388 e. The van der Waals surface area contributed by atoms with Crippen LogP contribution in [0.4, 0.5) is 45.1 Å². The number of nitrogens with one attached hydrogen (secondary N) is 3. The van der Waals surface area contributed by atoms with E-state index in [0.717, 1.165) is 12.8 Å². The Morgan fingerprint density at radius 2 is 1.78 bits per heavy atom. The summed E-state index contributed by atoms with van der Waals surface area (Å²) in [7, 11) is -4.15. The molecule has 0 aliphatic carbocycles. The number of hydrogen-bond donors (Lipinski definition) is 4. The van der Waals surface area contributed by atoms with Crippen molar-refractivity contribution in [1.82, 2.24) is 24.9 Å². The summed E-state index contributed by atoms with van der Waals surface area (Å²) in [5, 5.41) is 15.7. The molecule has 1 unspecified atom stereocenters. The minimum atomic E-state index is -4.73. The molecule has 2 amide bonds. The third-order valence-electron chi connectivity index (χ3n) is 11.8. The van der Waals surface area contributed by atoms with Gasteiger partial charge in [0.05, 0.1) is 28.1 Å². The Morgan fingerprint density at radius 1 is 1.02 bits per heavy atom. The van der Waals surface area contributed by atoms with E-state index in [1.807, 2.05) is 9.80 Å². The molecule has 5 heterocycles. The molecule has 4 atom stereocenters. The molecule has 4 saturated heterocycles. The van der Waals surface area contributed by atoms with Crippen molar-refractivity contribution in [2.24, 2.45) is 5.92 Å². The number of aryl methyl sites for hydroxylation is 1. The van der Waals surface area contributed by atoms with Crippen LogP contribution in [0.25, 0.3) is 0 Å². The van der Waals surface area contributed by atoms with Crippen molar-refractivity contribution in [1.29, 1.82) is 0 Å². The van der Waals surface area contributed by atoms with E-state index < -0.39 is 57.2 Å². The minimum absolute atomic E-state index is 0.0401. The maximum absolute atomic E-state index is 15.6. The maximum atomic E-state index is 15.6. The molecule has 19 heteroatoms. The number of aliphatic hydroxyl groups is 1. The van der Waals surface area contributed by atoms with Gasteiger partial charge in [0.25, 0.3) is 0 Å². The number of imide groups is 1. The first-order chi connectivity index (χ1) is 27.8. The van der Waals surface area contributed by atoms with Crippen LogP contribution in [0, 0.1) is 18.7 Å². The number of β-amino-alcohol motifs (C(OH)–C–C–N with tert-alkyl or cyclic N) is 1. The Labute approximate surface area is 339 Å². The summed E-state index contributed by atoms with van der Waals surface area (Å²) in [6.45, 7) is 5.77. The molecule has 4 fully saturated rings. The summed E-state index contributed by atoms with van der Waals surface area (Å²) in [5.74, 6) is -1.99. The first-order valence-corrected chi connectivity index (χ1v) is 21.4. The fourth-order valence-corrected chi connectivity index (χ4v) is 9.98. The van der Waals surface area contributed by atoms with Gasteiger partial charge in [-0.1, -0.05) is 6.07 Å². The number of anilines is 4. The lowest BCUT2D eigenvalue weighted by Crippen LogP contribution is -2.53. The summed E-state index contributed by atoms with van der Waals surface area (Å²) in [6.07, 6.45) is -2.27. The third-order valence-corrected chi connectivity index (χ3v) is 13.3. The number of carbonyl (C=O) groups is 2. The molecule has 7 rings (SSSR count). The number of amides is 2. The van der Waals surface area contributed by atoms with Gasteiger partial charge in [0.15, 0.2) is 0 Å². The Hall–Kier alpha value is -4.46. The monoisotopic (exact) mass is 848 g/mol. The minimum Gasteiger partial charge on any atom is -0.388 e. The van der Waals surface area contributed by atoms with Gasteiger partial charge in [-0.3, -0.25) is 14.9 Å². The van der Waals surface area contributed by atoms with E-state index in [2.05, 4.69) is 25.3 Å². The first-order valence-electron chi connectivity index (χ1n) is 19.9. The number of sulfonamides is 1. The summed E-state index contributed by atoms with van der Waals surface area (Å²) >= 11 is 0. The van der Waals surface area contributed by atoms with Crippen molar-refractivity contribution in [3.8, 4) is 0 Å². The highest BCUT2D eigenvalue weighted by Gasteiger charge is 2.40. The number of aromatic nitrogens is 2. The molecule has 0 bridgehead atoms. The molecule has 4 aliphatic rings. The summed E-state index contributed by atoms with van der Waals surface area (Å²) in [5.41, 5.74) is -0.445. The fourth-order valence-electron chi connectivity index (χ4n) is 8.60. The molecule has 59 heavy (non-hydrogen) atoms. The van der Waals surface area contributed by atoms with Gasteiger partial charge in [0.2, 0.25) is 27.8 Å². The van der Waals surface area contributed by atoms with Crippen LogP contribution in [-0.2, 0) is 25.8 Å². The molecule has 1 aromatic heterocycles. The summed E-state index contributed by atoms with van der Waals surface area (Å²) in [6, 6.07) is 7.98. The Balaban J connectivity index is 0.910. The van der Waals surface area contributed by atoms with Crippen LogP contribution in [0.15, 0.2) is 47.5 Å². The third kappa shape index (κ3) is 9.95. The number of benzene rings is 2. The SMILES string of the molecule is Cc1cc(S(=O)(=O)N[C@@H]2CCN(CC3CCN(c4ccc(C5CCC(=O)NC5=O)cc4F)CC3)C[C@@H]2F)ccc1Nc1ncc(C(F)(F)F)c(N2CCC[C@](C)(O)C2)n1. The molecule has 3 aromatic rings. The average molecular weight is 849 g/mol. The molecule has 13 nitrogen and oxygen atoms in total. The van der Waals surface area contributed by atoms with Crippen LogP contribution in [0.3, 0.4) is 0 Å². The Morgan fingerprint density at radius 3 is 2.44 bits per heavy atom. The normalized spacial score (nSPS) is 25.3. The number of hydrogen-bond acceptors (Lipinski definition) is 11. The number of carbonyl (C=O) groups excluding carboxylic acids is 2. The van der Waals surface area contributed by atoms with E-state index in [0.29, 0.717) is 74.1 Å². The second-order valence-electron chi connectivity index (χ2n) is 16.5. The number of halogens is 5. The number of likely N-dealkylation sites (tertiary alicyclic amines) is 1. The molecule has 320 valence electrons. The van der Waals surface area contributed by atoms with Crippen molar-refractivity contribution < 1.29 is 45.1 Å². The van der Waals surface area contributed by atoms with Crippen molar-refractivity contribution in [3.05, 3.63) is 65.1 Å². The van der Waals surface area contributed by atoms with Gasteiger partial charge in [-0.2, -0.15) is 18.2 Å². The Bertz CT molecular complexity index is 2170. The van der Waals surface area contributed by atoms with E-state index >= 15 is 8.78 Å². The largest absolute Gasteiger partial charge is 0.421 e. The van der Waals surface area contributed by atoms with Crippen molar-refractivity contribution >= 4 is 45.0 Å². The molecule has 0 radical (unpaired) electrons. The summed E-state index contributed by atoms with van der Waals surface area (Å²) < 4.78 is 102. The lowest BCUT2D eigenvalue weighted by atomic mass is 9.90. The van der Waals surface area contributed by atoms with E-state index in [1.54, 1.807) is 26.0 Å². The van der Waals surface area contributed by atoms with E-state index in [-0.39, 0.29) is 61.0 Å². The molecular formula is C40H49F5N8O5S. The second kappa shape index (κ2) is 16.9. The molecule has 2 aromatic carbocycles. The van der Waals surface area contributed by atoms with E-state index in [1.165, 1.54) is 29.2 Å². The average Bonchev–Trinajstić information content (AvgIpc) is 3.16. The van der Waals surface area contributed by atoms with Gasteiger partial charge in [-0.15, -0.1) is 0 Å². The van der Waals surface area contributed by atoms with Gasteiger partial charge in [0.1, 0.15) is 23.4 Å². The number of alkyl halides is 4. The number of rotatable bonds is 10. The van der Waals surface area contributed by atoms with E-state index in [9.17, 15) is 36.3 Å². The first kappa shape index (κ1) is 42.7. The van der Waals surface area contributed by atoms with Gasteiger partial charge in [-0.25, -0.2) is 26.9 Å². The zero-order chi connectivity index (χ0) is 42.3. The van der Waals surface area contributed by atoms with Crippen molar-refractivity contribution in [3.63, 3.8) is 0 Å². The number of piperidine rings is 4. The number of nitrogens with zero attached hydrogens (tertiary/aromatic N) is 5. The second-order valence-corrected chi connectivity index (χ2v) is 18.2. The lowest BCUT2D eigenvalue weighted by Gasteiger charge is -2.39. The molecule has 4 aliphatic heterocycles. The van der Waals surface area contributed by atoms with Crippen LogP contribution in [0.2, 0.25) is 0 Å². The topological polar surface area (TPSA) is 160 Å². The highest BCUT2D eigenvalue weighted by atomic mass is 32.2. The fraction of sp³-hybridized carbons (Fsp3) is 0.550. The van der Waals surface area contributed by atoms with Crippen LogP contribution in [-0.4, -0.2) is 104 Å². The standard InChI is InChI=1S/C40H49F5N8O5S/c1-24-18-27(5-7-32(24)47-38-46-20-29(40(43,44)45)36(49-38)53-14-3-13-39(2,56)23-53)59(57,58)50-33-12-15-51(22-31(33)42)21-25-10-16-52(17-11-25)34-8-4-26(19-30(34)41)28-6-9-35(54)48-37(28)55/h4-5,7-8,18-20,25,28,31,33,50,56H,3,6,9-17,21-23H2,1-2H3,(H,46,47,49)(H,48,54,55)/t28?,31-,33+,39-/m0/s1. The zero-order valence-corrected chi connectivity index (χ0v) is 33.7. The maximum Gasteiger partial charge on any atom is 0.421 e. The zero-order valence-electron chi connectivity index (χ0n) is 32.9. The predicted octanol–water partition coefficient (Wildman–Crippen LogP) is 5.17. The molecule has 0 saturated carbocycles. The van der Waals surface area contributed by atoms with Gasteiger partial charge < -0.3 is 25.1 Å². The highest BCUT2D eigenvalue weighted by Crippen LogP contribution is 2.38. The highest BCUT2D eigenvalue weighted by molar-refractivity contribution is 7.89.